The van der Waals surface area contributed by atoms with E-state index >= 15 is 0 Å². The average Bonchev–Trinajstić information content (AvgIpc) is 3.04. The Morgan fingerprint density at radius 1 is 1.19 bits per heavy atom. The van der Waals surface area contributed by atoms with E-state index in [1.54, 1.807) is 13.0 Å². The summed E-state index contributed by atoms with van der Waals surface area (Å²) >= 11 is 7.22. The summed E-state index contributed by atoms with van der Waals surface area (Å²) in [6.07, 6.45) is 0. The average molecular weight is 401 g/mol. The van der Waals surface area contributed by atoms with Crippen molar-refractivity contribution < 1.29 is 9.53 Å². The molecule has 3 aromatic rings. The lowest BCUT2D eigenvalue weighted by atomic mass is 9.70. The molecule has 27 heavy (non-hydrogen) atoms. The molecule has 0 bridgehead atoms. The molecule has 1 aromatic carbocycles. The number of nitrogens with zero attached hydrogens (tertiary/aromatic N) is 3. The van der Waals surface area contributed by atoms with Gasteiger partial charge in [-0.3, -0.25) is 4.79 Å². The van der Waals surface area contributed by atoms with E-state index in [-0.39, 0.29) is 11.8 Å². The number of pyridine rings is 1. The molecule has 6 nitrogen and oxygen atoms in total. The number of carbonyl (C=O) groups excluding carboxylic acids is 1. The van der Waals surface area contributed by atoms with Gasteiger partial charge in [0.15, 0.2) is 0 Å². The van der Waals surface area contributed by atoms with Crippen LogP contribution >= 0.6 is 23.1 Å². The van der Waals surface area contributed by atoms with Crippen molar-refractivity contribution in [2.45, 2.75) is 26.7 Å². The van der Waals surface area contributed by atoms with Crippen LogP contribution < -0.4 is 10.1 Å². The second kappa shape index (κ2) is 6.58. The predicted molar refractivity (Wildman–Crippen MR) is 105 cm³/mol. The maximum Gasteiger partial charge on any atom is 0.232 e. The van der Waals surface area contributed by atoms with E-state index in [0.29, 0.717) is 27.7 Å². The van der Waals surface area contributed by atoms with E-state index in [4.69, 9.17) is 16.3 Å². The smallest absolute Gasteiger partial charge is 0.232 e. The van der Waals surface area contributed by atoms with Gasteiger partial charge in [-0.05, 0) is 25.1 Å². The number of ether oxygens (including phenoxy) is 1. The zero-order valence-corrected chi connectivity index (χ0v) is 16.6. The molecule has 1 N–H and O–H groups in total. The number of aryl methyl sites for hydroxylation is 1. The molecule has 138 valence electrons. The number of fused-ring (bicyclic) bond motifs is 2. The van der Waals surface area contributed by atoms with Crippen LogP contribution in [0.1, 0.15) is 36.7 Å². The monoisotopic (exact) mass is 400 g/mol. The van der Waals surface area contributed by atoms with E-state index < -0.39 is 5.41 Å². The minimum absolute atomic E-state index is 0.152. The van der Waals surface area contributed by atoms with E-state index in [2.05, 4.69) is 19.7 Å². The van der Waals surface area contributed by atoms with Gasteiger partial charge in [0.25, 0.3) is 0 Å². The third kappa shape index (κ3) is 3.17. The van der Waals surface area contributed by atoms with Crippen molar-refractivity contribution in [3.63, 3.8) is 0 Å². The van der Waals surface area contributed by atoms with E-state index in [1.165, 1.54) is 11.5 Å². The Hall–Kier alpha value is -2.51. The normalized spacial score (nSPS) is 15.5. The van der Waals surface area contributed by atoms with Crippen LogP contribution in [0.3, 0.4) is 0 Å². The number of nitrogens with one attached hydrogen (secondary N) is 1. The lowest BCUT2D eigenvalue weighted by Crippen LogP contribution is -2.38. The van der Waals surface area contributed by atoms with Gasteiger partial charge in [0.05, 0.1) is 5.41 Å². The summed E-state index contributed by atoms with van der Waals surface area (Å²) in [5.74, 6) is 1.34. The highest BCUT2D eigenvalue weighted by atomic mass is 35.5. The third-order valence-corrected chi connectivity index (χ3v) is 5.59. The molecule has 1 atom stereocenters. The zero-order chi connectivity index (χ0) is 19.2. The van der Waals surface area contributed by atoms with Gasteiger partial charge in [-0.2, -0.15) is 4.37 Å². The number of hydrogen-bond donors (Lipinski definition) is 1. The lowest BCUT2D eigenvalue weighted by Gasteiger charge is -2.37. The van der Waals surface area contributed by atoms with Crippen molar-refractivity contribution in [2.75, 3.05) is 5.32 Å². The number of benzene rings is 1. The summed E-state index contributed by atoms with van der Waals surface area (Å²) in [5.41, 5.74) is 0.957. The highest BCUT2D eigenvalue weighted by Gasteiger charge is 2.44. The number of anilines is 1. The fourth-order valence-corrected chi connectivity index (χ4v) is 4.04. The Bertz CT molecular complexity index is 1030. The van der Waals surface area contributed by atoms with Gasteiger partial charge in [0.2, 0.25) is 16.9 Å². The largest absolute Gasteiger partial charge is 0.438 e. The van der Waals surface area contributed by atoms with Crippen LogP contribution in [0.25, 0.3) is 0 Å². The predicted octanol–water partition coefficient (Wildman–Crippen LogP) is 4.80. The number of halogens is 1. The molecule has 0 aliphatic carbocycles. The van der Waals surface area contributed by atoms with Crippen molar-refractivity contribution in [2.24, 2.45) is 5.41 Å². The molecule has 1 aliphatic rings. The van der Waals surface area contributed by atoms with Gasteiger partial charge in [-0.25, -0.2) is 9.97 Å². The topological polar surface area (TPSA) is 77.0 Å². The van der Waals surface area contributed by atoms with E-state index in [1.807, 2.05) is 44.2 Å². The molecule has 1 aliphatic heterocycles. The number of rotatable bonds is 3. The van der Waals surface area contributed by atoms with Gasteiger partial charge in [-0.15, -0.1) is 0 Å². The molecule has 0 radical (unpaired) electrons. The first-order valence-electron chi connectivity index (χ1n) is 8.41. The number of para-hydroxylation sites is 1. The van der Waals surface area contributed by atoms with Crippen LogP contribution in [-0.4, -0.2) is 20.2 Å². The summed E-state index contributed by atoms with van der Waals surface area (Å²) in [7, 11) is 0. The maximum atomic E-state index is 13.2. The Morgan fingerprint density at radius 3 is 2.70 bits per heavy atom. The Kier molecular flexibility index (Phi) is 4.36. The summed E-state index contributed by atoms with van der Waals surface area (Å²) < 4.78 is 10.1. The molecular weight excluding hydrogens is 384 g/mol. The van der Waals surface area contributed by atoms with Gasteiger partial charge in [0.1, 0.15) is 16.7 Å². The SMILES string of the molecule is Cc1nsc(NC(=O)C(C)(C)[C@H]2c3ccccc3Oc3nc(Cl)ccc32)n1. The molecule has 3 heterocycles. The molecule has 8 heteroatoms. The molecule has 0 saturated heterocycles. The number of amides is 1. The number of hydrogen-bond acceptors (Lipinski definition) is 6. The standard InChI is InChI=1S/C19H17ClN4O2S/c1-10-21-18(27-24-10)23-17(25)19(2,3)15-11-6-4-5-7-13(11)26-16-12(15)8-9-14(20)22-16/h4-9,15H,1-3H3,(H,21,23,24,25)/t15-/m0/s1. The van der Waals surface area contributed by atoms with Gasteiger partial charge in [0, 0.05) is 28.6 Å². The molecule has 0 fully saturated rings. The fourth-order valence-electron chi connectivity index (χ4n) is 3.33. The summed E-state index contributed by atoms with van der Waals surface area (Å²) in [5, 5.41) is 3.72. The molecule has 0 saturated carbocycles. The third-order valence-electron chi connectivity index (χ3n) is 4.66. The number of carbonyl (C=O) groups is 1. The minimum Gasteiger partial charge on any atom is -0.438 e. The summed E-state index contributed by atoms with van der Waals surface area (Å²) in [6.45, 7) is 5.60. The van der Waals surface area contributed by atoms with Crippen molar-refractivity contribution in [3.8, 4) is 11.6 Å². The highest BCUT2D eigenvalue weighted by Crippen LogP contribution is 2.51. The summed E-state index contributed by atoms with van der Waals surface area (Å²) in [6, 6.07) is 11.3. The molecule has 0 spiro atoms. The first kappa shape index (κ1) is 17.9. The second-order valence-corrected chi connectivity index (χ2v) is 8.06. The van der Waals surface area contributed by atoms with Crippen LogP contribution in [0.4, 0.5) is 5.13 Å². The van der Waals surface area contributed by atoms with Crippen LogP contribution in [0.2, 0.25) is 5.15 Å². The van der Waals surface area contributed by atoms with Crippen molar-refractivity contribution in [3.05, 3.63) is 58.5 Å². The molecule has 2 aromatic heterocycles. The minimum atomic E-state index is -0.802. The maximum absolute atomic E-state index is 13.2. The van der Waals surface area contributed by atoms with E-state index in [9.17, 15) is 4.79 Å². The van der Waals surface area contributed by atoms with Gasteiger partial charge < -0.3 is 10.1 Å². The molecule has 0 unspecified atom stereocenters. The molecular formula is C19H17ClN4O2S. The first-order valence-corrected chi connectivity index (χ1v) is 9.56. The Labute approximate surface area is 165 Å². The zero-order valence-electron chi connectivity index (χ0n) is 15.0. The van der Waals surface area contributed by atoms with Crippen molar-refractivity contribution in [1.29, 1.82) is 0 Å². The highest BCUT2D eigenvalue weighted by molar-refractivity contribution is 7.09. The van der Waals surface area contributed by atoms with Crippen molar-refractivity contribution >= 4 is 34.2 Å². The molecule has 1 amide bonds. The summed E-state index contributed by atoms with van der Waals surface area (Å²) in [4.78, 5) is 21.7. The first-order chi connectivity index (χ1) is 12.9. The van der Waals surface area contributed by atoms with Crippen molar-refractivity contribution in [1.82, 2.24) is 14.3 Å². The van der Waals surface area contributed by atoms with Crippen LogP contribution in [0.15, 0.2) is 36.4 Å². The van der Waals surface area contributed by atoms with Crippen LogP contribution in [0.5, 0.6) is 11.6 Å². The van der Waals surface area contributed by atoms with Gasteiger partial charge >= 0.3 is 0 Å². The second-order valence-electron chi connectivity index (χ2n) is 6.92. The fraction of sp³-hybridized carbons (Fsp3) is 0.263. The van der Waals surface area contributed by atoms with Gasteiger partial charge in [-0.1, -0.05) is 43.6 Å². The Morgan fingerprint density at radius 2 is 1.96 bits per heavy atom. The van der Waals surface area contributed by atoms with Crippen LogP contribution in [-0.2, 0) is 4.79 Å². The lowest BCUT2D eigenvalue weighted by molar-refractivity contribution is -0.124. The van der Waals surface area contributed by atoms with Crippen LogP contribution in [0, 0.1) is 12.3 Å². The quantitative estimate of drug-likeness (QED) is 0.639. The molecule has 4 rings (SSSR count). The Balaban J connectivity index is 1.78. The number of aromatic nitrogens is 3. The van der Waals surface area contributed by atoms with E-state index in [0.717, 1.165) is 11.1 Å².